The van der Waals surface area contributed by atoms with Crippen LogP contribution in [-0.4, -0.2) is 60.5 Å². The van der Waals surface area contributed by atoms with Crippen molar-refractivity contribution in [2.24, 2.45) is 0 Å². The Morgan fingerprint density at radius 2 is 1.95 bits per heavy atom. The molecule has 4 heterocycles. The van der Waals surface area contributed by atoms with Crippen molar-refractivity contribution >= 4 is 23.8 Å². The lowest BCUT2D eigenvalue weighted by Gasteiger charge is -2.51. The number of hydrogen-bond donors (Lipinski definition) is 0. The number of thioether (sulfide) groups is 1. The van der Waals surface area contributed by atoms with Crippen molar-refractivity contribution < 1.29 is 37.3 Å². The van der Waals surface area contributed by atoms with Gasteiger partial charge in [-0.2, -0.15) is 0 Å². The standard InChI is InChI=1S/C29H27F2N3O7S/c1-3-39-29(37)41-16(2)40-27-21(35)10-11-33-26(27)28(36)32-12-13-38-14-23(32)34(33)25-17-8-9-20(30)24(31)19(17)15-42-22-7-5-4-6-18(22)25/h4-11,16,23,25H,3,12-15H2,1-2H3/t16?,23-,25+/m1/s1. The summed E-state index contributed by atoms with van der Waals surface area (Å²) in [5.41, 5.74) is 0.817. The minimum atomic E-state index is -1.26. The third-order valence-corrected chi connectivity index (χ3v) is 8.46. The molecule has 6 rings (SSSR count). The van der Waals surface area contributed by atoms with Crippen LogP contribution in [0.3, 0.4) is 0 Å². The topological polar surface area (TPSA) is 99.5 Å². The van der Waals surface area contributed by atoms with E-state index in [-0.39, 0.29) is 49.1 Å². The quantitative estimate of drug-likeness (QED) is 0.316. The first kappa shape index (κ1) is 28.0. The van der Waals surface area contributed by atoms with Gasteiger partial charge in [0.25, 0.3) is 5.91 Å². The van der Waals surface area contributed by atoms with Crippen molar-refractivity contribution in [2.75, 3.05) is 31.4 Å². The summed E-state index contributed by atoms with van der Waals surface area (Å²) in [6, 6.07) is 10.7. The normalized spacial score (nSPS) is 20.0. The van der Waals surface area contributed by atoms with Gasteiger partial charge in [0.15, 0.2) is 17.3 Å². The van der Waals surface area contributed by atoms with E-state index in [0.717, 1.165) is 16.5 Å². The Morgan fingerprint density at radius 3 is 2.76 bits per heavy atom. The minimum Gasteiger partial charge on any atom is -0.448 e. The van der Waals surface area contributed by atoms with Crippen LogP contribution in [0.1, 0.15) is 47.1 Å². The highest BCUT2D eigenvalue weighted by molar-refractivity contribution is 7.98. The lowest BCUT2D eigenvalue weighted by molar-refractivity contribution is -0.0541. The van der Waals surface area contributed by atoms with Gasteiger partial charge < -0.3 is 23.8 Å². The molecule has 0 saturated carbocycles. The molecule has 3 aliphatic heterocycles. The van der Waals surface area contributed by atoms with Crippen molar-refractivity contribution in [2.45, 2.75) is 43.0 Å². The van der Waals surface area contributed by atoms with Crippen molar-refractivity contribution in [3.63, 3.8) is 0 Å². The number of carbonyl (C=O) groups excluding carboxylic acids is 2. The smallest absolute Gasteiger partial charge is 0.448 e. The van der Waals surface area contributed by atoms with Gasteiger partial charge in [-0.3, -0.25) is 19.3 Å². The van der Waals surface area contributed by atoms with Gasteiger partial charge in [0.05, 0.1) is 25.9 Å². The molecule has 0 aliphatic carbocycles. The molecule has 3 aromatic rings. The van der Waals surface area contributed by atoms with E-state index < -0.39 is 47.6 Å². The fourth-order valence-corrected chi connectivity index (χ4v) is 6.68. The number of aromatic nitrogens is 1. The van der Waals surface area contributed by atoms with Crippen molar-refractivity contribution in [3.05, 3.63) is 92.9 Å². The Labute approximate surface area is 243 Å². The zero-order valence-corrected chi connectivity index (χ0v) is 23.6. The summed E-state index contributed by atoms with van der Waals surface area (Å²) in [6.07, 6.45) is -1.47. The predicted molar refractivity (Wildman–Crippen MR) is 147 cm³/mol. The lowest BCUT2D eigenvalue weighted by atomic mass is 9.93. The second-order valence-electron chi connectivity index (χ2n) is 9.78. The van der Waals surface area contributed by atoms with E-state index in [0.29, 0.717) is 5.56 Å². The number of carbonyl (C=O) groups is 2. The van der Waals surface area contributed by atoms with Gasteiger partial charge >= 0.3 is 6.16 Å². The fraction of sp³-hybridized carbons (Fsp3) is 0.345. The van der Waals surface area contributed by atoms with E-state index in [1.165, 1.54) is 35.6 Å². The van der Waals surface area contributed by atoms with Gasteiger partial charge in [0.1, 0.15) is 6.17 Å². The molecule has 1 unspecified atom stereocenters. The summed E-state index contributed by atoms with van der Waals surface area (Å²) >= 11 is 1.39. The molecule has 1 aromatic heterocycles. The summed E-state index contributed by atoms with van der Waals surface area (Å²) in [5.74, 6) is -2.51. The number of hydrogen-bond acceptors (Lipinski definition) is 9. The van der Waals surface area contributed by atoms with Crippen LogP contribution in [0.5, 0.6) is 5.75 Å². The van der Waals surface area contributed by atoms with Crippen LogP contribution in [0.25, 0.3) is 0 Å². The summed E-state index contributed by atoms with van der Waals surface area (Å²) < 4.78 is 52.8. The number of benzene rings is 2. The van der Waals surface area contributed by atoms with E-state index in [9.17, 15) is 18.8 Å². The molecule has 3 atom stereocenters. The molecule has 1 amide bonds. The van der Waals surface area contributed by atoms with Gasteiger partial charge in [0.2, 0.25) is 17.5 Å². The van der Waals surface area contributed by atoms with E-state index in [4.69, 9.17) is 18.9 Å². The first-order valence-electron chi connectivity index (χ1n) is 13.4. The molecule has 10 nitrogen and oxygen atoms in total. The van der Waals surface area contributed by atoms with Gasteiger partial charge in [-0.1, -0.05) is 24.3 Å². The van der Waals surface area contributed by atoms with E-state index >= 15 is 4.39 Å². The SMILES string of the molecule is CCOC(=O)OC(C)Oc1c2n(ccc1=O)N([C@@H]1c3ccccc3SCc3c1ccc(F)c3F)[C@@H]1COCCN1C2=O. The maximum absolute atomic E-state index is 15.3. The highest BCUT2D eigenvalue weighted by Crippen LogP contribution is 2.45. The molecule has 1 fully saturated rings. The first-order chi connectivity index (χ1) is 20.3. The minimum absolute atomic E-state index is 0.0773. The molecule has 42 heavy (non-hydrogen) atoms. The molecule has 2 aromatic carbocycles. The number of rotatable bonds is 5. The third-order valence-electron chi connectivity index (χ3n) is 7.34. The second-order valence-corrected chi connectivity index (χ2v) is 10.8. The Morgan fingerprint density at radius 1 is 1.14 bits per heavy atom. The molecule has 220 valence electrons. The number of nitrogens with zero attached hydrogens (tertiary/aromatic N) is 3. The summed E-state index contributed by atoms with van der Waals surface area (Å²) in [5, 5.41) is 1.83. The van der Waals surface area contributed by atoms with E-state index in [2.05, 4.69) is 0 Å². The van der Waals surface area contributed by atoms with Crippen molar-refractivity contribution in [1.29, 1.82) is 0 Å². The maximum atomic E-state index is 15.3. The maximum Gasteiger partial charge on any atom is 0.511 e. The van der Waals surface area contributed by atoms with Crippen LogP contribution in [0.4, 0.5) is 13.6 Å². The highest BCUT2D eigenvalue weighted by atomic mass is 32.2. The Bertz CT molecular complexity index is 1620. The van der Waals surface area contributed by atoms with Crippen LogP contribution in [0.15, 0.2) is 58.4 Å². The molecule has 3 aliphatic rings. The van der Waals surface area contributed by atoms with Crippen LogP contribution in [0.2, 0.25) is 0 Å². The largest absolute Gasteiger partial charge is 0.511 e. The molecular formula is C29H27F2N3O7S. The Hall–Kier alpha value is -4.10. The molecule has 0 bridgehead atoms. The van der Waals surface area contributed by atoms with Gasteiger partial charge in [-0.25, -0.2) is 13.6 Å². The van der Waals surface area contributed by atoms with Crippen molar-refractivity contribution in [1.82, 2.24) is 9.58 Å². The average molecular weight is 600 g/mol. The summed E-state index contributed by atoms with van der Waals surface area (Å²) in [7, 11) is 0. The number of fused-ring (bicyclic) bond motifs is 4. The van der Waals surface area contributed by atoms with Gasteiger partial charge in [-0.05, 0) is 30.2 Å². The number of pyridine rings is 1. The average Bonchev–Trinajstić information content (AvgIpc) is 3.14. The molecular weight excluding hydrogens is 572 g/mol. The zero-order chi connectivity index (χ0) is 29.5. The molecule has 1 saturated heterocycles. The fourth-order valence-electron chi connectivity index (χ4n) is 5.56. The van der Waals surface area contributed by atoms with Crippen molar-refractivity contribution in [3.8, 4) is 5.75 Å². The monoisotopic (exact) mass is 599 g/mol. The van der Waals surface area contributed by atoms with Crippen LogP contribution in [0, 0.1) is 11.6 Å². The highest BCUT2D eigenvalue weighted by Gasteiger charge is 2.46. The Balaban J connectivity index is 1.56. The van der Waals surface area contributed by atoms with E-state index in [1.54, 1.807) is 17.9 Å². The lowest BCUT2D eigenvalue weighted by Crippen LogP contribution is -2.66. The van der Waals surface area contributed by atoms with E-state index in [1.807, 2.05) is 29.3 Å². The summed E-state index contributed by atoms with van der Waals surface area (Å²) in [6.45, 7) is 3.69. The summed E-state index contributed by atoms with van der Waals surface area (Å²) in [4.78, 5) is 41.4. The molecule has 0 N–H and O–H groups in total. The third kappa shape index (κ3) is 4.75. The van der Waals surface area contributed by atoms with Gasteiger partial charge in [-0.15, -0.1) is 11.8 Å². The molecule has 13 heteroatoms. The first-order valence-corrected chi connectivity index (χ1v) is 14.4. The number of halogens is 2. The predicted octanol–water partition coefficient (Wildman–Crippen LogP) is 4.17. The Kier molecular flexibility index (Phi) is 7.54. The van der Waals surface area contributed by atoms with Crippen LogP contribution >= 0.6 is 11.8 Å². The number of morpholine rings is 1. The second kappa shape index (κ2) is 11.3. The number of amides is 1. The van der Waals surface area contributed by atoms with Crippen LogP contribution in [-0.2, 0) is 20.0 Å². The zero-order valence-electron chi connectivity index (χ0n) is 22.7. The number of ether oxygens (including phenoxy) is 4. The van der Waals surface area contributed by atoms with Crippen LogP contribution < -0.4 is 15.2 Å². The van der Waals surface area contributed by atoms with Gasteiger partial charge in [0, 0.05) is 41.9 Å². The molecule has 0 radical (unpaired) electrons. The molecule has 0 spiro atoms.